The molecular formula is C17H20ClN3O2. The second kappa shape index (κ2) is 7.42. The topological polar surface area (TPSA) is 70.6 Å². The van der Waals surface area contributed by atoms with Gasteiger partial charge in [0.25, 0.3) is 5.91 Å². The summed E-state index contributed by atoms with van der Waals surface area (Å²) in [5, 5.41) is 7.53. The van der Waals surface area contributed by atoms with Crippen LogP contribution in [0.1, 0.15) is 32.3 Å². The molecule has 0 aliphatic heterocycles. The number of hydrogen-bond acceptors (Lipinski definition) is 4. The molecule has 0 saturated heterocycles. The smallest absolute Gasteiger partial charge is 0.259 e. The Balaban J connectivity index is 1.79. The van der Waals surface area contributed by atoms with Gasteiger partial charge in [0.2, 0.25) is 0 Å². The van der Waals surface area contributed by atoms with Crippen LogP contribution in [0.5, 0.6) is 0 Å². The molecule has 0 radical (unpaired) electrons. The highest BCUT2D eigenvalue weighted by atomic mass is 35.5. The fourth-order valence-corrected chi connectivity index (χ4v) is 2.55. The van der Waals surface area contributed by atoms with Crippen LogP contribution in [0.3, 0.4) is 0 Å². The molecule has 0 aromatic heterocycles. The quantitative estimate of drug-likeness (QED) is 0.643. The third-order valence-electron chi connectivity index (χ3n) is 3.41. The predicted molar refractivity (Wildman–Crippen MR) is 91.3 cm³/mol. The second-order valence-electron chi connectivity index (χ2n) is 6.35. The minimum absolute atomic E-state index is 0.0720. The van der Waals surface area contributed by atoms with E-state index in [1.165, 1.54) is 0 Å². The van der Waals surface area contributed by atoms with E-state index in [1.807, 2.05) is 13.8 Å². The van der Waals surface area contributed by atoms with E-state index in [-0.39, 0.29) is 23.7 Å². The summed E-state index contributed by atoms with van der Waals surface area (Å²) in [5.74, 6) is -0.183. The van der Waals surface area contributed by atoms with Crippen LogP contribution in [0.25, 0.3) is 0 Å². The van der Waals surface area contributed by atoms with Gasteiger partial charge in [0.1, 0.15) is 0 Å². The molecule has 0 bridgehead atoms. The molecule has 0 heterocycles. The highest BCUT2D eigenvalue weighted by molar-refractivity contribution is 6.30. The van der Waals surface area contributed by atoms with Crippen LogP contribution >= 0.6 is 11.6 Å². The van der Waals surface area contributed by atoms with Crippen LogP contribution < -0.4 is 10.7 Å². The molecule has 1 aliphatic rings. The molecule has 0 spiro atoms. The molecule has 0 fully saturated rings. The standard InChI is InChI=1S/C17H20ClN3O2/c1-17(2)8-14(7-15(22)9-17)19-11-16(23)21-20-10-12-3-5-13(18)6-4-12/h3-7,10,19H,8-9,11H2,1-2H3,(H,21,23)/b20-10-. The first kappa shape index (κ1) is 17.2. The Kier molecular flexibility index (Phi) is 5.55. The maximum absolute atomic E-state index is 11.8. The van der Waals surface area contributed by atoms with Gasteiger partial charge >= 0.3 is 0 Å². The SMILES string of the molecule is CC1(C)CC(=O)C=C(NCC(=O)N/N=C\c2ccc(Cl)cc2)C1. The lowest BCUT2D eigenvalue weighted by Gasteiger charge is -2.29. The summed E-state index contributed by atoms with van der Waals surface area (Å²) in [5.41, 5.74) is 4.00. The van der Waals surface area contributed by atoms with Crippen LogP contribution in [0.4, 0.5) is 0 Å². The van der Waals surface area contributed by atoms with E-state index >= 15 is 0 Å². The van der Waals surface area contributed by atoms with Crippen LogP contribution in [0.15, 0.2) is 41.1 Å². The first-order valence-corrected chi connectivity index (χ1v) is 7.77. The Morgan fingerprint density at radius 3 is 2.65 bits per heavy atom. The number of rotatable bonds is 5. The fraction of sp³-hybridized carbons (Fsp3) is 0.353. The van der Waals surface area contributed by atoms with Gasteiger partial charge in [-0.05, 0) is 29.5 Å². The van der Waals surface area contributed by atoms with Crippen molar-refractivity contribution in [1.82, 2.24) is 10.7 Å². The molecule has 2 N–H and O–H groups in total. The van der Waals surface area contributed by atoms with E-state index in [4.69, 9.17) is 11.6 Å². The highest BCUT2D eigenvalue weighted by Crippen LogP contribution is 2.32. The van der Waals surface area contributed by atoms with Crippen LogP contribution in [0.2, 0.25) is 5.02 Å². The van der Waals surface area contributed by atoms with E-state index < -0.39 is 0 Å². The summed E-state index contributed by atoms with van der Waals surface area (Å²) in [6, 6.07) is 7.11. The normalized spacial score (nSPS) is 17.0. The number of hydrazone groups is 1. The first-order chi connectivity index (χ1) is 10.8. The summed E-state index contributed by atoms with van der Waals surface area (Å²) in [4.78, 5) is 23.4. The molecule has 23 heavy (non-hydrogen) atoms. The summed E-state index contributed by atoms with van der Waals surface area (Å²) < 4.78 is 0. The third kappa shape index (κ3) is 5.87. The van der Waals surface area contributed by atoms with Crippen molar-refractivity contribution >= 4 is 29.5 Å². The lowest BCUT2D eigenvalue weighted by atomic mass is 9.79. The highest BCUT2D eigenvalue weighted by Gasteiger charge is 2.27. The predicted octanol–water partition coefficient (Wildman–Crippen LogP) is 2.65. The summed E-state index contributed by atoms with van der Waals surface area (Å²) >= 11 is 5.79. The Morgan fingerprint density at radius 2 is 2.00 bits per heavy atom. The van der Waals surface area contributed by atoms with Gasteiger partial charge in [-0.2, -0.15) is 5.10 Å². The van der Waals surface area contributed by atoms with Gasteiger partial charge < -0.3 is 5.32 Å². The Morgan fingerprint density at radius 1 is 1.30 bits per heavy atom. The average Bonchev–Trinajstić information content (AvgIpc) is 2.45. The fourth-order valence-electron chi connectivity index (χ4n) is 2.42. The van der Waals surface area contributed by atoms with E-state index in [2.05, 4.69) is 15.8 Å². The number of carbonyl (C=O) groups is 2. The summed E-state index contributed by atoms with van der Waals surface area (Å²) in [7, 11) is 0. The Hall–Kier alpha value is -2.14. The summed E-state index contributed by atoms with van der Waals surface area (Å²) in [6.07, 6.45) is 4.41. The third-order valence-corrected chi connectivity index (χ3v) is 3.66. The number of nitrogens with zero attached hydrogens (tertiary/aromatic N) is 1. The van der Waals surface area contributed by atoms with Crippen molar-refractivity contribution in [1.29, 1.82) is 0 Å². The van der Waals surface area contributed by atoms with Crippen molar-refractivity contribution in [2.45, 2.75) is 26.7 Å². The molecule has 122 valence electrons. The van der Waals surface area contributed by atoms with Crippen molar-refractivity contribution in [2.24, 2.45) is 10.5 Å². The lowest BCUT2D eigenvalue weighted by Crippen LogP contribution is -2.34. The van der Waals surface area contributed by atoms with Crippen molar-refractivity contribution in [3.05, 3.63) is 46.6 Å². The number of allylic oxidation sites excluding steroid dienone is 2. The molecular weight excluding hydrogens is 314 g/mol. The minimum atomic E-state index is -0.271. The first-order valence-electron chi connectivity index (χ1n) is 7.39. The molecule has 0 atom stereocenters. The largest absolute Gasteiger partial charge is 0.379 e. The van der Waals surface area contributed by atoms with Gasteiger partial charge in [-0.25, -0.2) is 5.43 Å². The van der Waals surface area contributed by atoms with Gasteiger partial charge in [0, 0.05) is 23.2 Å². The van der Waals surface area contributed by atoms with Crippen molar-refractivity contribution in [3.8, 4) is 0 Å². The Labute approximate surface area is 140 Å². The lowest BCUT2D eigenvalue weighted by molar-refractivity contribution is -0.120. The Bertz CT molecular complexity index is 648. The van der Waals surface area contributed by atoms with E-state index in [0.29, 0.717) is 11.4 Å². The van der Waals surface area contributed by atoms with Gasteiger partial charge in [0.05, 0.1) is 12.8 Å². The van der Waals surface area contributed by atoms with Crippen molar-refractivity contribution in [2.75, 3.05) is 6.54 Å². The van der Waals surface area contributed by atoms with E-state index in [9.17, 15) is 9.59 Å². The molecule has 0 saturated carbocycles. The molecule has 5 nitrogen and oxygen atoms in total. The number of hydrogen-bond donors (Lipinski definition) is 2. The van der Waals surface area contributed by atoms with Crippen molar-refractivity contribution < 1.29 is 9.59 Å². The average molecular weight is 334 g/mol. The number of ketones is 1. The molecule has 1 aromatic carbocycles. The number of nitrogens with one attached hydrogen (secondary N) is 2. The zero-order valence-electron chi connectivity index (χ0n) is 13.2. The van der Waals surface area contributed by atoms with Gasteiger partial charge in [-0.3, -0.25) is 9.59 Å². The van der Waals surface area contributed by atoms with Gasteiger partial charge in [0.15, 0.2) is 5.78 Å². The molecule has 2 rings (SSSR count). The van der Waals surface area contributed by atoms with E-state index in [1.54, 1.807) is 36.6 Å². The molecule has 0 unspecified atom stereocenters. The monoisotopic (exact) mass is 333 g/mol. The van der Waals surface area contributed by atoms with Crippen LogP contribution in [0, 0.1) is 5.41 Å². The number of amides is 1. The number of benzene rings is 1. The minimum Gasteiger partial charge on any atom is -0.379 e. The van der Waals surface area contributed by atoms with Crippen LogP contribution in [-0.4, -0.2) is 24.4 Å². The summed E-state index contributed by atoms with van der Waals surface area (Å²) in [6.45, 7) is 4.15. The number of halogens is 1. The maximum Gasteiger partial charge on any atom is 0.259 e. The maximum atomic E-state index is 11.8. The van der Waals surface area contributed by atoms with Crippen molar-refractivity contribution in [3.63, 3.8) is 0 Å². The second-order valence-corrected chi connectivity index (χ2v) is 6.79. The molecule has 1 aromatic rings. The molecule has 1 amide bonds. The zero-order chi connectivity index (χ0) is 16.9. The molecule has 6 heteroatoms. The van der Waals surface area contributed by atoms with Gasteiger partial charge in [-0.1, -0.05) is 37.6 Å². The van der Waals surface area contributed by atoms with Gasteiger partial charge in [-0.15, -0.1) is 0 Å². The number of carbonyl (C=O) groups excluding carboxylic acids is 2. The van der Waals surface area contributed by atoms with E-state index in [0.717, 1.165) is 17.7 Å². The van der Waals surface area contributed by atoms with Crippen LogP contribution in [-0.2, 0) is 9.59 Å². The zero-order valence-corrected chi connectivity index (χ0v) is 14.0. The molecule has 1 aliphatic carbocycles.